The number of hydrogen-bond acceptors (Lipinski definition) is 1. The minimum Gasteiger partial charge on any atom is -0.348 e. The Morgan fingerprint density at radius 2 is 1.90 bits per heavy atom. The molecule has 1 amide bonds. The summed E-state index contributed by atoms with van der Waals surface area (Å²) in [5.41, 5.74) is 1.14. The lowest BCUT2D eigenvalue weighted by Crippen LogP contribution is -2.52. The van der Waals surface area contributed by atoms with Crippen molar-refractivity contribution in [2.45, 2.75) is 46.1 Å². The Hall–Kier alpha value is -1.02. The molecule has 0 aliphatic heterocycles. The predicted octanol–water partition coefficient (Wildman–Crippen LogP) is 4.28. The predicted molar refractivity (Wildman–Crippen MR) is 81.9 cm³/mol. The summed E-state index contributed by atoms with van der Waals surface area (Å²) < 4.78 is 0. The van der Waals surface area contributed by atoms with Gasteiger partial charge in [-0.05, 0) is 60.3 Å². The van der Waals surface area contributed by atoms with E-state index in [9.17, 15) is 4.79 Å². The van der Waals surface area contributed by atoms with E-state index in [1.807, 2.05) is 0 Å². The van der Waals surface area contributed by atoms with Gasteiger partial charge in [0.1, 0.15) is 0 Å². The fraction of sp³-hybridized carbons (Fsp3) is 0.588. The summed E-state index contributed by atoms with van der Waals surface area (Å²) in [6.07, 6.45) is 3.77. The zero-order chi connectivity index (χ0) is 14.5. The average Bonchev–Trinajstić information content (AvgIpc) is 2.86. The Kier molecular flexibility index (Phi) is 3.13. The summed E-state index contributed by atoms with van der Waals surface area (Å²) in [5.74, 6) is 0.761. The second-order valence-electron chi connectivity index (χ2n) is 7.33. The number of halogens is 1. The number of rotatable bonds is 2. The minimum absolute atomic E-state index is 0.0218. The monoisotopic (exact) mass is 291 g/mol. The van der Waals surface area contributed by atoms with Gasteiger partial charge in [-0.1, -0.05) is 32.4 Å². The second-order valence-corrected chi connectivity index (χ2v) is 7.76. The molecule has 3 atom stereocenters. The molecule has 20 heavy (non-hydrogen) atoms. The normalized spacial score (nSPS) is 34.2. The molecule has 3 heteroatoms. The molecule has 2 aliphatic rings. The summed E-state index contributed by atoms with van der Waals surface area (Å²) in [6, 6.07) is 7.38. The highest BCUT2D eigenvalue weighted by Crippen LogP contribution is 2.62. The van der Waals surface area contributed by atoms with Crippen molar-refractivity contribution in [2.75, 3.05) is 0 Å². The standard InChI is InChI=1S/C17H22ClNO/c1-16(2)12-8-9-17(3,10-12)15(16)19-14(20)11-4-6-13(18)7-5-11/h4-7,12,15H,8-10H2,1-3H3,(H,19,20)/t12-,15-,17+/m0/s1. The third-order valence-corrected chi connectivity index (χ3v) is 5.90. The summed E-state index contributed by atoms with van der Waals surface area (Å²) in [6.45, 7) is 6.93. The van der Waals surface area contributed by atoms with Crippen LogP contribution in [0.3, 0.4) is 0 Å². The van der Waals surface area contributed by atoms with Crippen molar-refractivity contribution >= 4 is 17.5 Å². The van der Waals surface area contributed by atoms with Crippen molar-refractivity contribution in [3.8, 4) is 0 Å². The molecule has 1 N–H and O–H groups in total. The van der Waals surface area contributed by atoms with E-state index in [4.69, 9.17) is 11.6 Å². The maximum atomic E-state index is 12.5. The van der Waals surface area contributed by atoms with Gasteiger partial charge in [-0.25, -0.2) is 0 Å². The summed E-state index contributed by atoms with van der Waals surface area (Å²) in [7, 11) is 0. The second kappa shape index (κ2) is 4.49. The van der Waals surface area contributed by atoms with E-state index in [0.29, 0.717) is 10.6 Å². The third-order valence-electron chi connectivity index (χ3n) is 5.65. The van der Waals surface area contributed by atoms with Gasteiger partial charge in [0, 0.05) is 16.6 Å². The zero-order valence-electron chi connectivity index (χ0n) is 12.4. The lowest BCUT2D eigenvalue weighted by molar-refractivity contribution is 0.0737. The molecule has 2 saturated carbocycles. The van der Waals surface area contributed by atoms with Gasteiger partial charge in [-0.2, -0.15) is 0 Å². The molecule has 2 bridgehead atoms. The van der Waals surface area contributed by atoms with E-state index in [2.05, 4.69) is 26.1 Å². The van der Waals surface area contributed by atoms with Crippen LogP contribution in [0.2, 0.25) is 5.02 Å². The molecule has 0 saturated heterocycles. The number of hydrogen-bond donors (Lipinski definition) is 1. The summed E-state index contributed by atoms with van der Waals surface area (Å²) in [5, 5.41) is 3.96. The van der Waals surface area contributed by atoms with Crippen LogP contribution in [0, 0.1) is 16.7 Å². The lowest BCUT2D eigenvalue weighted by Gasteiger charge is -2.43. The molecule has 0 spiro atoms. The number of carbonyl (C=O) groups excluding carboxylic acids is 1. The first-order chi connectivity index (χ1) is 9.33. The molecule has 1 aromatic rings. The van der Waals surface area contributed by atoms with E-state index >= 15 is 0 Å². The van der Waals surface area contributed by atoms with Gasteiger partial charge in [-0.3, -0.25) is 4.79 Å². The highest BCUT2D eigenvalue weighted by molar-refractivity contribution is 6.30. The van der Waals surface area contributed by atoms with E-state index in [0.717, 1.165) is 5.92 Å². The molecule has 0 aromatic heterocycles. The molecule has 2 nitrogen and oxygen atoms in total. The molecule has 2 fully saturated rings. The van der Waals surface area contributed by atoms with Crippen molar-refractivity contribution in [3.05, 3.63) is 34.9 Å². The lowest BCUT2D eigenvalue weighted by atomic mass is 9.68. The largest absolute Gasteiger partial charge is 0.348 e. The third kappa shape index (κ3) is 2.05. The van der Waals surface area contributed by atoms with Gasteiger partial charge < -0.3 is 5.32 Å². The van der Waals surface area contributed by atoms with E-state index < -0.39 is 0 Å². The number of carbonyl (C=O) groups is 1. The van der Waals surface area contributed by atoms with Crippen LogP contribution in [0.25, 0.3) is 0 Å². The first-order valence-corrected chi connectivity index (χ1v) is 7.77. The van der Waals surface area contributed by atoms with Crippen molar-refractivity contribution in [3.63, 3.8) is 0 Å². The maximum Gasteiger partial charge on any atom is 0.251 e. The zero-order valence-corrected chi connectivity index (χ0v) is 13.1. The Bertz CT molecular complexity index is 532. The minimum atomic E-state index is 0.0218. The molecule has 108 valence electrons. The Labute approximate surface area is 125 Å². The molecule has 2 aliphatic carbocycles. The first-order valence-electron chi connectivity index (χ1n) is 7.39. The van der Waals surface area contributed by atoms with Crippen LogP contribution in [-0.2, 0) is 0 Å². The maximum absolute atomic E-state index is 12.5. The smallest absolute Gasteiger partial charge is 0.251 e. The van der Waals surface area contributed by atoms with Crippen molar-refractivity contribution in [1.82, 2.24) is 5.32 Å². The molecule has 0 heterocycles. The number of benzene rings is 1. The van der Waals surface area contributed by atoms with Crippen LogP contribution in [-0.4, -0.2) is 11.9 Å². The average molecular weight is 292 g/mol. The van der Waals surface area contributed by atoms with Gasteiger partial charge in [0.05, 0.1) is 0 Å². The van der Waals surface area contributed by atoms with E-state index in [-0.39, 0.29) is 22.8 Å². The quantitative estimate of drug-likeness (QED) is 0.865. The van der Waals surface area contributed by atoms with E-state index in [1.54, 1.807) is 24.3 Å². The SMILES string of the molecule is CC1(C)[C@H]2CC[C@](C)(C2)[C@H]1NC(=O)c1ccc(Cl)cc1. The Balaban J connectivity index is 1.80. The number of fused-ring (bicyclic) bond motifs is 2. The van der Waals surface area contributed by atoms with Crippen molar-refractivity contribution in [1.29, 1.82) is 0 Å². The van der Waals surface area contributed by atoms with Crippen LogP contribution in [0.5, 0.6) is 0 Å². The molecule has 0 radical (unpaired) electrons. The van der Waals surface area contributed by atoms with Crippen LogP contribution >= 0.6 is 11.6 Å². The van der Waals surface area contributed by atoms with E-state index in [1.165, 1.54) is 19.3 Å². The molecule has 0 unspecified atom stereocenters. The molecular weight excluding hydrogens is 270 g/mol. The highest BCUT2D eigenvalue weighted by Gasteiger charge is 2.59. The first kappa shape index (κ1) is 13.9. The molecule has 3 rings (SSSR count). The number of nitrogens with one attached hydrogen (secondary N) is 1. The Morgan fingerprint density at radius 3 is 2.45 bits per heavy atom. The molecular formula is C17H22ClNO. The van der Waals surface area contributed by atoms with Gasteiger partial charge >= 0.3 is 0 Å². The fourth-order valence-corrected chi connectivity index (χ4v) is 4.60. The summed E-state index contributed by atoms with van der Waals surface area (Å²) in [4.78, 5) is 12.5. The van der Waals surface area contributed by atoms with Gasteiger partial charge in [0.15, 0.2) is 0 Å². The Morgan fingerprint density at radius 1 is 1.25 bits per heavy atom. The van der Waals surface area contributed by atoms with Gasteiger partial charge in [0.25, 0.3) is 5.91 Å². The van der Waals surface area contributed by atoms with Crippen molar-refractivity contribution in [2.24, 2.45) is 16.7 Å². The van der Waals surface area contributed by atoms with Crippen LogP contribution < -0.4 is 5.32 Å². The fourth-order valence-electron chi connectivity index (χ4n) is 4.48. The molecule has 1 aromatic carbocycles. The van der Waals surface area contributed by atoms with Crippen LogP contribution in [0.15, 0.2) is 24.3 Å². The topological polar surface area (TPSA) is 29.1 Å². The highest BCUT2D eigenvalue weighted by atomic mass is 35.5. The summed E-state index contributed by atoms with van der Waals surface area (Å²) >= 11 is 5.87. The van der Waals surface area contributed by atoms with Gasteiger partial charge in [0.2, 0.25) is 0 Å². The van der Waals surface area contributed by atoms with Crippen LogP contribution in [0.1, 0.15) is 50.4 Å². The number of amides is 1. The van der Waals surface area contributed by atoms with Gasteiger partial charge in [-0.15, -0.1) is 0 Å². The van der Waals surface area contributed by atoms with Crippen LogP contribution in [0.4, 0.5) is 0 Å². The van der Waals surface area contributed by atoms with Crippen molar-refractivity contribution < 1.29 is 4.79 Å².